The van der Waals surface area contributed by atoms with E-state index in [0.717, 1.165) is 6.61 Å². The second-order valence-electron chi connectivity index (χ2n) is 3.70. The maximum absolute atomic E-state index is 5.13. The molecule has 0 aliphatic carbocycles. The molecule has 1 rings (SSSR count). The highest BCUT2D eigenvalue weighted by Gasteiger charge is 2.05. The Hall–Kier alpha value is -0.820. The summed E-state index contributed by atoms with van der Waals surface area (Å²) in [5.74, 6) is 0.490. The first-order valence-corrected chi connectivity index (χ1v) is 4.71. The van der Waals surface area contributed by atoms with Crippen LogP contribution in [0.3, 0.4) is 0 Å². The average Bonchev–Trinajstić information content (AvgIpc) is 2.10. The summed E-state index contributed by atoms with van der Waals surface area (Å²) in [6.45, 7) is 7.27. The summed E-state index contributed by atoms with van der Waals surface area (Å²) in [7, 11) is 1.75. The third kappa shape index (κ3) is 2.56. The van der Waals surface area contributed by atoms with Crippen molar-refractivity contribution in [2.75, 3.05) is 13.7 Å². The summed E-state index contributed by atoms with van der Waals surface area (Å²) in [4.78, 5) is 0. The standard InChI is InChI=1S/C12H18O/c1-9-5-6-12(7-10(9)2)11(3)8-13-4/h5-7,11H,8H2,1-4H3. The van der Waals surface area contributed by atoms with Crippen molar-refractivity contribution < 1.29 is 4.74 Å². The zero-order valence-electron chi connectivity index (χ0n) is 8.92. The SMILES string of the molecule is COCC(C)c1ccc(C)c(C)c1. The molecule has 0 saturated heterocycles. The van der Waals surface area contributed by atoms with Gasteiger partial charge in [-0.25, -0.2) is 0 Å². The first-order chi connectivity index (χ1) is 6.15. The van der Waals surface area contributed by atoms with Gasteiger partial charge in [0.1, 0.15) is 0 Å². The molecule has 0 aromatic heterocycles. The summed E-state index contributed by atoms with van der Waals surface area (Å²) >= 11 is 0. The lowest BCUT2D eigenvalue weighted by atomic mass is 9.98. The Kier molecular flexibility index (Phi) is 3.49. The normalized spacial score (nSPS) is 12.9. The minimum atomic E-state index is 0.490. The summed E-state index contributed by atoms with van der Waals surface area (Å²) in [5, 5.41) is 0. The molecule has 0 saturated carbocycles. The van der Waals surface area contributed by atoms with Gasteiger partial charge in [-0.2, -0.15) is 0 Å². The van der Waals surface area contributed by atoms with Crippen LogP contribution in [0, 0.1) is 13.8 Å². The highest BCUT2D eigenvalue weighted by atomic mass is 16.5. The van der Waals surface area contributed by atoms with Crippen LogP contribution >= 0.6 is 0 Å². The lowest BCUT2D eigenvalue weighted by Gasteiger charge is -2.12. The maximum Gasteiger partial charge on any atom is 0.0528 e. The van der Waals surface area contributed by atoms with Gasteiger partial charge in [0, 0.05) is 13.0 Å². The molecule has 0 bridgehead atoms. The molecule has 1 aromatic rings. The molecule has 13 heavy (non-hydrogen) atoms. The molecule has 0 heterocycles. The Balaban J connectivity index is 2.84. The first-order valence-electron chi connectivity index (χ1n) is 4.71. The van der Waals surface area contributed by atoms with Gasteiger partial charge < -0.3 is 4.74 Å². The van der Waals surface area contributed by atoms with Gasteiger partial charge in [-0.05, 0) is 30.5 Å². The van der Waals surface area contributed by atoms with E-state index in [1.165, 1.54) is 16.7 Å². The van der Waals surface area contributed by atoms with E-state index in [1.807, 2.05) is 0 Å². The Labute approximate surface area is 80.7 Å². The molecule has 0 aliphatic heterocycles. The number of rotatable bonds is 3. The summed E-state index contributed by atoms with van der Waals surface area (Å²) in [5.41, 5.74) is 4.08. The number of benzene rings is 1. The van der Waals surface area contributed by atoms with Crippen LogP contribution < -0.4 is 0 Å². The van der Waals surface area contributed by atoms with Crippen molar-refractivity contribution in [2.24, 2.45) is 0 Å². The van der Waals surface area contributed by atoms with Gasteiger partial charge in [-0.15, -0.1) is 0 Å². The highest BCUT2D eigenvalue weighted by Crippen LogP contribution is 2.18. The molecule has 0 amide bonds. The molecule has 0 fully saturated rings. The number of aryl methyl sites for hydroxylation is 2. The van der Waals surface area contributed by atoms with E-state index in [1.54, 1.807) is 7.11 Å². The van der Waals surface area contributed by atoms with Gasteiger partial charge in [0.25, 0.3) is 0 Å². The van der Waals surface area contributed by atoms with Gasteiger partial charge in [-0.3, -0.25) is 0 Å². The second-order valence-corrected chi connectivity index (χ2v) is 3.70. The van der Waals surface area contributed by atoms with Crippen molar-refractivity contribution in [1.82, 2.24) is 0 Å². The number of hydrogen-bond donors (Lipinski definition) is 0. The van der Waals surface area contributed by atoms with Crippen LogP contribution in [-0.4, -0.2) is 13.7 Å². The number of ether oxygens (including phenoxy) is 1. The van der Waals surface area contributed by atoms with E-state index in [2.05, 4.69) is 39.0 Å². The molecule has 1 aromatic carbocycles. The smallest absolute Gasteiger partial charge is 0.0528 e. The summed E-state index contributed by atoms with van der Waals surface area (Å²) < 4.78 is 5.13. The van der Waals surface area contributed by atoms with Crippen molar-refractivity contribution in [3.05, 3.63) is 34.9 Å². The highest BCUT2D eigenvalue weighted by molar-refractivity contribution is 5.31. The molecule has 0 radical (unpaired) electrons. The topological polar surface area (TPSA) is 9.23 Å². The van der Waals surface area contributed by atoms with Gasteiger partial charge in [-0.1, -0.05) is 25.1 Å². The Morgan fingerprint density at radius 2 is 1.92 bits per heavy atom. The molecule has 1 atom stereocenters. The van der Waals surface area contributed by atoms with Crippen molar-refractivity contribution in [2.45, 2.75) is 26.7 Å². The van der Waals surface area contributed by atoms with Crippen molar-refractivity contribution in [1.29, 1.82) is 0 Å². The molecule has 72 valence electrons. The number of methoxy groups -OCH3 is 1. The van der Waals surface area contributed by atoms with Crippen LogP contribution in [0.15, 0.2) is 18.2 Å². The van der Waals surface area contributed by atoms with E-state index in [-0.39, 0.29) is 0 Å². The molecule has 1 heteroatoms. The van der Waals surface area contributed by atoms with Crippen LogP contribution in [0.2, 0.25) is 0 Å². The molecule has 1 unspecified atom stereocenters. The lowest BCUT2D eigenvalue weighted by molar-refractivity contribution is 0.184. The number of hydrogen-bond acceptors (Lipinski definition) is 1. The summed E-state index contributed by atoms with van der Waals surface area (Å²) in [6.07, 6.45) is 0. The zero-order valence-corrected chi connectivity index (χ0v) is 8.92. The van der Waals surface area contributed by atoms with Crippen LogP contribution in [0.4, 0.5) is 0 Å². The van der Waals surface area contributed by atoms with Gasteiger partial charge in [0.05, 0.1) is 6.61 Å². The van der Waals surface area contributed by atoms with E-state index >= 15 is 0 Å². The fourth-order valence-electron chi connectivity index (χ4n) is 1.42. The fourth-order valence-corrected chi connectivity index (χ4v) is 1.42. The lowest BCUT2D eigenvalue weighted by Crippen LogP contribution is -2.02. The van der Waals surface area contributed by atoms with Gasteiger partial charge in [0.15, 0.2) is 0 Å². The second kappa shape index (κ2) is 4.43. The largest absolute Gasteiger partial charge is 0.384 e. The van der Waals surface area contributed by atoms with Crippen LogP contribution in [0.25, 0.3) is 0 Å². The van der Waals surface area contributed by atoms with Crippen LogP contribution in [0.1, 0.15) is 29.5 Å². The molecule has 1 nitrogen and oxygen atoms in total. The minimum Gasteiger partial charge on any atom is -0.384 e. The molecule has 0 N–H and O–H groups in total. The van der Waals surface area contributed by atoms with E-state index < -0.39 is 0 Å². The van der Waals surface area contributed by atoms with E-state index in [9.17, 15) is 0 Å². The van der Waals surface area contributed by atoms with E-state index in [4.69, 9.17) is 4.74 Å². The quantitative estimate of drug-likeness (QED) is 0.691. The zero-order chi connectivity index (χ0) is 9.84. The third-order valence-corrected chi connectivity index (χ3v) is 2.52. The average molecular weight is 178 g/mol. The fraction of sp³-hybridized carbons (Fsp3) is 0.500. The van der Waals surface area contributed by atoms with Crippen LogP contribution in [0.5, 0.6) is 0 Å². The molecule has 0 spiro atoms. The third-order valence-electron chi connectivity index (χ3n) is 2.52. The Morgan fingerprint density at radius 1 is 1.23 bits per heavy atom. The van der Waals surface area contributed by atoms with Crippen LogP contribution in [-0.2, 0) is 4.74 Å². The monoisotopic (exact) mass is 178 g/mol. The first kappa shape index (κ1) is 10.3. The van der Waals surface area contributed by atoms with Crippen molar-refractivity contribution in [3.63, 3.8) is 0 Å². The van der Waals surface area contributed by atoms with Crippen molar-refractivity contribution in [3.8, 4) is 0 Å². The van der Waals surface area contributed by atoms with Gasteiger partial charge >= 0.3 is 0 Å². The maximum atomic E-state index is 5.13. The molecule has 0 aliphatic rings. The predicted molar refractivity (Wildman–Crippen MR) is 56.2 cm³/mol. The Morgan fingerprint density at radius 3 is 2.46 bits per heavy atom. The van der Waals surface area contributed by atoms with Gasteiger partial charge in [0.2, 0.25) is 0 Å². The summed E-state index contributed by atoms with van der Waals surface area (Å²) in [6, 6.07) is 6.61. The molecular formula is C12H18O. The van der Waals surface area contributed by atoms with Crippen molar-refractivity contribution >= 4 is 0 Å². The Bertz CT molecular complexity index is 278. The van der Waals surface area contributed by atoms with E-state index in [0.29, 0.717) is 5.92 Å². The minimum absolute atomic E-state index is 0.490. The molecular weight excluding hydrogens is 160 g/mol. The predicted octanol–water partition coefficient (Wildman–Crippen LogP) is 3.05.